The topological polar surface area (TPSA) is 131 Å². The fourth-order valence-corrected chi connectivity index (χ4v) is 4.68. The number of amides is 1. The molecule has 0 spiro atoms. The summed E-state index contributed by atoms with van der Waals surface area (Å²) in [4.78, 5) is 20.5. The number of benzene rings is 1. The van der Waals surface area contributed by atoms with Gasteiger partial charge < -0.3 is 9.47 Å². The first-order valence-corrected chi connectivity index (χ1v) is 11.0. The highest BCUT2D eigenvalue weighted by Gasteiger charge is 2.40. The molecule has 0 aliphatic carbocycles. The van der Waals surface area contributed by atoms with E-state index in [1.165, 1.54) is 24.5 Å². The molecule has 0 saturated heterocycles. The Balaban J connectivity index is 1.78. The fourth-order valence-electron chi connectivity index (χ4n) is 3.13. The minimum atomic E-state index is -4.04. The lowest BCUT2D eigenvalue weighted by molar-refractivity contribution is -0.133. The molecule has 1 aliphatic rings. The largest absolute Gasteiger partial charge is 0.494 e. The molecule has 0 radical (unpaired) electrons. The lowest BCUT2D eigenvalue weighted by atomic mass is 10.0. The van der Waals surface area contributed by atoms with Crippen LogP contribution in [0.3, 0.4) is 0 Å². The van der Waals surface area contributed by atoms with Crippen LogP contribution >= 0.6 is 0 Å². The van der Waals surface area contributed by atoms with Gasteiger partial charge in [-0.2, -0.15) is 4.31 Å². The zero-order valence-corrected chi connectivity index (χ0v) is 17.3. The minimum Gasteiger partial charge on any atom is -0.494 e. The summed E-state index contributed by atoms with van der Waals surface area (Å²) in [5, 5.41) is 9.08. The third-order valence-corrected chi connectivity index (χ3v) is 6.52. The van der Waals surface area contributed by atoms with Crippen LogP contribution in [0.4, 0.5) is 0 Å². The molecular weight excluding hydrogens is 412 g/mol. The monoisotopic (exact) mass is 436 g/mol. The number of nitrogens with zero attached hydrogens (tertiary/aromatic N) is 3. The molecule has 10 nitrogen and oxygen atoms in total. The molecule has 1 aromatic carbocycles. The van der Waals surface area contributed by atoms with Crippen LogP contribution in [0.25, 0.3) is 0 Å². The van der Waals surface area contributed by atoms with E-state index in [9.17, 15) is 13.2 Å². The van der Waals surface area contributed by atoms with Crippen LogP contribution in [0.1, 0.15) is 24.7 Å². The van der Waals surface area contributed by atoms with Gasteiger partial charge in [0.05, 0.1) is 29.4 Å². The Bertz CT molecular complexity index is 967. The molecule has 2 aromatic rings. The molecule has 3 rings (SSSR count). The predicted molar refractivity (Wildman–Crippen MR) is 105 cm³/mol. The van der Waals surface area contributed by atoms with Gasteiger partial charge in [-0.05, 0) is 31.2 Å². The van der Waals surface area contributed by atoms with E-state index in [0.29, 0.717) is 37.0 Å². The molecular formula is C19H24N4O6S. The zero-order chi connectivity index (χ0) is 21.6. The third-order valence-electron chi connectivity index (χ3n) is 4.65. The standard InChI is InChI=1S/C19H24N4O6S/c1-2-28-10-3-11-29-14-4-6-15(7-5-14)30(26,27)23-13-17-16(20-8-9-21-17)12-18(23)19(24)22-25/h4-9,18,25H,2-3,10-13H2,1H3,(H,22,24). The van der Waals surface area contributed by atoms with Gasteiger partial charge >= 0.3 is 0 Å². The van der Waals surface area contributed by atoms with E-state index in [4.69, 9.17) is 14.7 Å². The van der Waals surface area contributed by atoms with Crippen molar-refractivity contribution in [3.8, 4) is 5.75 Å². The Morgan fingerprint density at radius 2 is 1.90 bits per heavy atom. The second kappa shape index (κ2) is 9.94. The Kier molecular flexibility index (Phi) is 7.32. The van der Waals surface area contributed by atoms with Crippen molar-refractivity contribution in [2.75, 3.05) is 19.8 Å². The first-order chi connectivity index (χ1) is 14.5. The Morgan fingerprint density at radius 1 is 1.20 bits per heavy atom. The van der Waals surface area contributed by atoms with Gasteiger partial charge in [0.1, 0.15) is 11.8 Å². The lowest BCUT2D eigenvalue weighted by Gasteiger charge is -2.33. The number of ether oxygens (including phenoxy) is 2. The summed E-state index contributed by atoms with van der Waals surface area (Å²) in [6.45, 7) is 3.49. The maximum atomic E-state index is 13.2. The van der Waals surface area contributed by atoms with Crippen LogP contribution < -0.4 is 10.2 Å². The number of nitrogens with one attached hydrogen (secondary N) is 1. The molecule has 0 fully saturated rings. The highest BCUT2D eigenvalue weighted by Crippen LogP contribution is 2.28. The lowest BCUT2D eigenvalue weighted by Crippen LogP contribution is -2.52. The normalized spacial score (nSPS) is 16.7. The van der Waals surface area contributed by atoms with Gasteiger partial charge in [0.15, 0.2) is 0 Å². The summed E-state index contributed by atoms with van der Waals surface area (Å²) in [7, 11) is -4.04. The van der Waals surface area contributed by atoms with Crippen molar-refractivity contribution in [2.24, 2.45) is 0 Å². The summed E-state index contributed by atoms with van der Waals surface area (Å²) in [5.41, 5.74) is 2.53. The number of carbonyl (C=O) groups is 1. The van der Waals surface area contributed by atoms with Gasteiger partial charge in [0, 0.05) is 38.4 Å². The second-order valence-electron chi connectivity index (χ2n) is 6.57. The number of carbonyl (C=O) groups excluding carboxylic acids is 1. The highest BCUT2D eigenvalue weighted by atomic mass is 32.2. The summed E-state index contributed by atoms with van der Waals surface area (Å²) in [5.74, 6) is -0.297. The Labute approximate surface area is 174 Å². The maximum absolute atomic E-state index is 13.2. The number of hydroxylamine groups is 1. The van der Waals surface area contributed by atoms with Crippen molar-refractivity contribution in [2.45, 2.75) is 37.2 Å². The molecule has 2 N–H and O–H groups in total. The number of hydrogen-bond acceptors (Lipinski definition) is 8. The van der Waals surface area contributed by atoms with Crippen molar-refractivity contribution in [1.82, 2.24) is 19.8 Å². The first-order valence-electron chi connectivity index (χ1n) is 9.52. The molecule has 0 saturated carbocycles. The summed E-state index contributed by atoms with van der Waals surface area (Å²) in [6.07, 6.45) is 3.67. The van der Waals surface area contributed by atoms with Crippen LogP contribution in [0, 0.1) is 0 Å². The van der Waals surface area contributed by atoms with E-state index in [0.717, 1.165) is 10.7 Å². The fraction of sp³-hybridized carbons (Fsp3) is 0.421. The van der Waals surface area contributed by atoms with E-state index < -0.39 is 22.0 Å². The highest BCUT2D eigenvalue weighted by molar-refractivity contribution is 7.89. The zero-order valence-electron chi connectivity index (χ0n) is 16.5. The predicted octanol–water partition coefficient (Wildman–Crippen LogP) is 0.903. The molecule has 1 unspecified atom stereocenters. The summed E-state index contributed by atoms with van der Waals surface area (Å²) < 4.78 is 38.3. The number of sulfonamides is 1. The van der Waals surface area contributed by atoms with Crippen LogP contribution in [-0.4, -0.2) is 59.7 Å². The quantitative estimate of drug-likeness (QED) is 0.337. The van der Waals surface area contributed by atoms with Crippen molar-refractivity contribution in [3.05, 3.63) is 48.0 Å². The Morgan fingerprint density at radius 3 is 2.57 bits per heavy atom. The van der Waals surface area contributed by atoms with Crippen molar-refractivity contribution in [1.29, 1.82) is 0 Å². The van der Waals surface area contributed by atoms with E-state index >= 15 is 0 Å². The molecule has 1 aromatic heterocycles. The van der Waals surface area contributed by atoms with Crippen molar-refractivity contribution < 1.29 is 27.9 Å². The van der Waals surface area contributed by atoms with Crippen LogP contribution in [0.2, 0.25) is 0 Å². The average Bonchev–Trinajstić information content (AvgIpc) is 2.77. The summed E-state index contributed by atoms with van der Waals surface area (Å²) >= 11 is 0. The molecule has 0 bridgehead atoms. The van der Waals surface area contributed by atoms with Crippen LogP contribution in [-0.2, 0) is 32.5 Å². The van der Waals surface area contributed by atoms with Gasteiger partial charge in [0.2, 0.25) is 10.0 Å². The SMILES string of the molecule is CCOCCCOc1ccc(S(=O)(=O)N2Cc3nccnc3CC2C(=O)NO)cc1. The molecule has 1 atom stereocenters. The first kappa shape index (κ1) is 22.1. The van der Waals surface area contributed by atoms with Gasteiger partial charge in [-0.15, -0.1) is 0 Å². The van der Waals surface area contributed by atoms with E-state index in [-0.39, 0.29) is 17.9 Å². The van der Waals surface area contributed by atoms with Gasteiger partial charge in [-0.25, -0.2) is 13.9 Å². The number of aromatic nitrogens is 2. The van der Waals surface area contributed by atoms with Gasteiger partial charge in [-0.3, -0.25) is 20.0 Å². The molecule has 2 heterocycles. The molecule has 30 heavy (non-hydrogen) atoms. The minimum absolute atomic E-state index is 0.00671. The Hall–Kier alpha value is -2.60. The third kappa shape index (κ3) is 4.93. The smallest absolute Gasteiger partial charge is 0.262 e. The van der Waals surface area contributed by atoms with E-state index in [1.807, 2.05) is 6.92 Å². The molecule has 11 heteroatoms. The van der Waals surface area contributed by atoms with Crippen molar-refractivity contribution in [3.63, 3.8) is 0 Å². The van der Waals surface area contributed by atoms with Gasteiger partial charge in [0.25, 0.3) is 5.91 Å². The van der Waals surface area contributed by atoms with Gasteiger partial charge in [-0.1, -0.05) is 0 Å². The second-order valence-corrected chi connectivity index (χ2v) is 8.46. The maximum Gasteiger partial charge on any atom is 0.262 e. The number of rotatable bonds is 9. The van der Waals surface area contributed by atoms with Crippen molar-refractivity contribution >= 4 is 15.9 Å². The summed E-state index contributed by atoms with van der Waals surface area (Å²) in [6, 6.07) is 4.83. The van der Waals surface area contributed by atoms with Crippen LogP contribution in [0.5, 0.6) is 5.75 Å². The number of hydrogen-bond donors (Lipinski definition) is 2. The molecule has 1 amide bonds. The van der Waals surface area contributed by atoms with Crippen LogP contribution in [0.15, 0.2) is 41.6 Å². The number of fused-ring (bicyclic) bond motifs is 1. The van der Waals surface area contributed by atoms with E-state index in [1.54, 1.807) is 17.6 Å². The average molecular weight is 436 g/mol. The van der Waals surface area contributed by atoms with E-state index in [2.05, 4.69) is 9.97 Å². The molecule has 162 valence electrons. The molecule has 1 aliphatic heterocycles.